The average molecular weight is 189 g/mol. The Morgan fingerprint density at radius 3 is 2.71 bits per heavy atom. The maximum Gasteiger partial charge on any atom is 0.0948 e. The van der Waals surface area contributed by atoms with Crippen molar-refractivity contribution in [2.24, 2.45) is 12.8 Å². The molecule has 0 aromatic carbocycles. The lowest BCUT2D eigenvalue weighted by molar-refractivity contribution is 0.906. The molecule has 0 aliphatic rings. The standard InChI is InChI=1S/C9H11N5/c1-14-6-11-5-9(14)8-4-13-12-3-7(8)2-10/h3-6H,2,10H2,1H3. The zero-order chi connectivity index (χ0) is 9.97. The first-order valence-electron chi connectivity index (χ1n) is 4.29. The van der Waals surface area contributed by atoms with E-state index in [-0.39, 0.29) is 0 Å². The molecular weight excluding hydrogens is 178 g/mol. The summed E-state index contributed by atoms with van der Waals surface area (Å²) in [5, 5.41) is 7.64. The summed E-state index contributed by atoms with van der Waals surface area (Å²) in [6, 6.07) is 0. The van der Waals surface area contributed by atoms with Crippen LogP contribution in [0, 0.1) is 0 Å². The molecule has 0 spiro atoms. The Bertz CT molecular complexity index is 434. The smallest absolute Gasteiger partial charge is 0.0948 e. The lowest BCUT2D eigenvalue weighted by atomic mass is 10.1. The van der Waals surface area contributed by atoms with Crippen LogP contribution >= 0.6 is 0 Å². The van der Waals surface area contributed by atoms with E-state index in [1.165, 1.54) is 0 Å². The average Bonchev–Trinajstić information content (AvgIpc) is 2.64. The quantitative estimate of drug-likeness (QED) is 0.739. The van der Waals surface area contributed by atoms with E-state index in [1.807, 2.05) is 11.6 Å². The maximum atomic E-state index is 5.61. The van der Waals surface area contributed by atoms with Crippen LogP contribution in [0.5, 0.6) is 0 Å². The van der Waals surface area contributed by atoms with Gasteiger partial charge in [0.15, 0.2) is 0 Å². The number of nitrogens with two attached hydrogens (primary N) is 1. The van der Waals surface area contributed by atoms with E-state index in [2.05, 4.69) is 15.2 Å². The van der Waals surface area contributed by atoms with Crippen LogP contribution in [0.25, 0.3) is 11.3 Å². The van der Waals surface area contributed by atoms with Gasteiger partial charge in [0.25, 0.3) is 0 Å². The van der Waals surface area contributed by atoms with Gasteiger partial charge in [-0.1, -0.05) is 0 Å². The zero-order valence-corrected chi connectivity index (χ0v) is 7.88. The van der Waals surface area contributed by atoms with E-state index >= 15 is 0 Å². The summed E-state index contributed by atoms with van der Waals surface area (Å²) in [5.41, 5.74) is 8.57. The van der Waals surface area contributed by atoms with Crippen LogP contribution in [-0.4, -0.2) is 19.7 Å². The highest BCUT2D eigenvalue weighted by atomic mass is 15.1. The fraction of sp³-hybridized carbons (Fsp3) is 0.222. The molecule has 2 heterocycles. The Morgan fingerprint density at radius 1 is 1.29 bits per heavy atom. The second kappa shape index (κ2) is 3.55. The van der Waals surface area contributed by atoms with E-state index in [9.17, 15) is 0 Å². The largest absolute Gasteiger partial charge is 0.334 e. The zero-order valence-electron chi connectivity index (χ0n) is 7.88. The van der Waals surface area contributed by atoms with Crippen molar-refractivity contribution in [3.63, 3.8) is 0 Å². The summed E-state index contributed by atoms with van der Waals surface area (Å²) in [6.07, 6.45) is 6.92. The van der Waals surface area contributed by atoms with Crippen molar-refractivity contribution in [1.29, 1.82) is 0 Å². The van der Waals surface area contributed by atoms with Gasteiger partial charge in [-0.3, -0.25) is 0 Å². The number of aromatic nitrogens is 4. The minimum absolute atomic E-state index is 0.454. The van der Waals surface area contributed by atoms with Gasteiger partial charge in [0.1, 0.15) is 0 Å². The fourth-order valence-electron chi connectivity index (χ4n) is 1.36. The molecule has 2 N–H and O–H groups in total. The Balaban J connectivity index is 2.56. The molecule has 0 aliphatic heterocycles. The van der Waals surface area contributed by atoms with Crippen LogP contribution in [0.4, 0.5) is 0 Å². The molecule has 2 rings (SSSR count). The van der Waals surface area contributed by atoms with Gasteiger partial charge in [-0.15, -0.1) is 0 Å². The molecule has 0 saturated heterocycles. The molecule has 72 valence electrons. The van der Waals surface area contributed by atoms with Crippen molar-refractivity contribution in [1.82, 2.24) is 19.7 Å². The van der Waals surface area contributed by atoms with Gasteiger partial charge in [0.05, 0.1) is 30.6 Å². The summed E-state index contributed by atoms with van der Waals surface area (Å²) in [5.74, 6) is 0. The molecule has 0 unspecified atom stereocenters. The number of nitrogens with zero attached hydrogens (tertiary/aromatic N) is 4. The lowest BCUT2D eigenvalue weighted by Crippen LogP contribution is -2.02. The van der Waals surface area contributed by atoms with Crippen molar-refractivity contribution >= 4 is 0 Å². The summed E-state index contributed by atoms with van der Waals surface area (Å²) in [4.78, 5) is 4.05. The first kappa shape index (κ1) is 8.83. The molecule has 5 heteroatoms. The van der Waals surface area contributed by atoms with Crippen LogP contribution in [-0.2, 0) is 13.6 Å². The SMILES string of the molecule is Cn1cncc1-c1cnncc1CN. The first-order valence-corrected chi connectivity index (χ1v) is 4.29. The second-order valence-corrected chi connectivity index (χ2v) is 3.02. The Hall–Kier alpha value is -1.75. The molecule has 2 aromatic heterocycles. The molecule has 0 atom stereocenters. The van der Waals surface area contributed by atoms with E-state index in [0.29, 0.717) is 6.54 Å². The van der Waals surface area contributed by atoms with Gasteiger partial charge in [0, 0.05) is 19.2 Å². The number of hydrogen-bond donors (Lipinski definition) is 1. The predicted octanol–water partition coefficient (Wildman–Crippen LogP) is 0.336. The number of imidazole rings is 1. The first-order chi connectivity index (χ1) is 6.83. The van der Waals surface area contributed by atoms with Gasteiger partial charge in [-0.2, -0.15) is 10.2 Å². The summed E-state index contributed by atoms with van der Waals surface area (Å²) in [7, 11) is 1.93. The van der Waals surface area contributed by atoms with E-state index in [4.69, 9.17) is 5.73 Å². The molecule has 0 fully saturated rings. The predicted molar refractivity (Wildman–Crippen MR) is 52.1 cm³/mol. The normalized spacial score (nSPS) is 10.4. The maximum absolute atomic E-state index is 5.61. The third-order valence-electron chi connectivity index (χ3n) is 2.13. The van der Waals surface area contributed by atoms with Gasteiger partial charge in [-0.25, -0.2) is 4.98 Å². The minimum atomic E-state index is 0.454. The minimum Gasteiger partial charge on any atom is -0.334 e. The van der Waals surface area contributed by atoms with Crippen molar-refractivity contribution in [3.8, 4) is 11.3 Å². The highest BCUT2D eigenvalue weighted by molar-refractivity contribution is 5.61. The highest BCUT2D eigenvalue weighted by Crippen LogP contribution is 2.20. The van der Waals surface area contributed by atoms with Crippen LogP contribution in [0.15, 0.2) is 24.9 Å². The molecular formula is C9H11N5. The third kappa shape index (κ3) is 1.38. The Labute approximate surface area is 81.6 Å². The van der Waals surface area contributed by atoms with Crippen molar-refractivity contribution < 1.29 is 0 Å². The van der Waals surface area contributed by atoms with Crippen molar-refractivity contribution in [2.75, 3.05) is 0 Å². The Kier molecular flexibility index (Phi) is 2.24. The fourth-order valence-corrected chi connectivity index (χ4v) is 1.36. The van der Waals surface area contributed by atoms with E-state index in [1.54, 1.807) is 24.9 Å². The van der Waals surface area contributed by atoms with Crippen molar-refractivity contribution in [2.45, 2.75) is 6.54 Å². The van der Waals surface area contributed by atoms with Gasteiger partial charge < -0.3 is 10.3 Å². The number of aryl methyl sites for hydroxylation is 1. The van der Waals surface area contributed by atoms with Gasteiger partial charge in [0.2, 0.25) is 0 Å². The van der Waals surface area contributed by atoms with Gasteiger partial charge in [-0.05, 0) is 5.56 Å². The molecule has 0 amide bonds. The second-order valence-electron chi connectivity index (χ2n) is 3.02. The molecule has 5 nitrogen and oxygen atoms in total. The monoisotopic (exact) mass is 189 g/mol. The number of rotatable bonds is 2. The molecule has 0 bridgehead atoms. The number of hydrogen-bond acceptors (Lipinski definition) is 4. The van der Waals surface area contributed by atoms with Crippen LogP contribution in [0.1, 0.15) is 5.56 Å². The third-order valence-corrected chi connectivity index (χ3v) is 2.13. The van der Waals surface area contributed by atoms with Crippen LogP contribution in [0.3, 0.4) is 0 Å². The molecule has 0 saturated carbocycles. The van der Waals surface area contributed by atoms with E-state index < -0.39 is 0 Å². The lowest BCUT2D eigenvalue weighted by Gasteiger charge is -2.05. The van der Waals surface area contributed by atoms with Crippen LogP contribution in [0.2, 0.25) is 0 Å². The van der Waals surface area contributed by atoms with Crippen LogP contribution < -0.4 is 5.73 Å². The summed E-state index contributed by atoms with van der Waals surface area (Å²) < 4.78 is 1.93. The summed E-state index contributed by atoms with van der Waals surface area (Å²) >= 11 is 0. The molecule has 14 heavy (non-hydrogen) atoms. The summed E-state index contributed by atoms with van der Waals surface area (Å²) in [6.45, 7) is 0.454. The van der Waals surface area contributed by atoms with Gasteiger partial charge >= 0.3 is 0 Å². The molecule has 0 aliphatic carbocycles. The Morgan fingerprint density at radius 2 is 2.07 bits per heavy atom. The van der Waals surface area contributed by atoms with E-state index in [0.717, 1.165) is 16.8 Å². The topological polar surface area (TPSA) is 69.6 Å². The highest BCUT2D eigenvalue weighted by Gasteiger charge is 2.07. The molecule has 0 radical (unpaired) electrons. The molecule has 2 aromatic rings. The van der Waals surface area contributed by atoms with Crippen molar-refractivity contribution in [3.05, 3.63) is 30.5 Å².